The van der Waals surface area contributed by atoms with Crippen LogP contribution in [0.15, 0.2) is 24.8 Å². The molecule has 0 bridgehead atoms. The maximum absolute atomic E-state index is 9.17. The second-order valence-corrected chi connectivity index (χ2v) is 2.95. The summed E-state index contributed by atoms with van der Waals surface area (Å²) in [5, 5.41) is 9.17. The minimum atomic E-state index is 0.340. The van der Waals surface area contributed by atoms with E-state index in [-0.39, 0.29) is 0 Å². The summed E-state index contributed by atoms with van der Waals surface area (Å²) in [5.41, 5.74) is 3.61. The average Bonchev–Trinajstić information content (AvgIpc) is 2.33. The quantitative estimate of drug-likeness (QED) is 0.595. The van der Waals surface area contributed by atoms with Gasteiger partial charge in [-0.3, -0.25) is 0 Å². The highest BCUT2D eigenvalue weighted by molar-refractivity contribution is 5.71. The van der Waals surface area contributed by atoms with Gasteiger partial charge in [0.25, 0.3) is 0 Å². The Labute approximate surface area is 66.0 Å². The molecule has 0 amide bonds. The van der Waals surface area contributed by atoms with Crippen LogP contribution in [-0.4, -0.2) is 5.11 Å². The number of hydrogen-bond donors (Lipinski definition) is 1. The van der Waals surface area contributed by atoms with E-state index in [0.29, 0.717) is 5.75 Å². The van der Waals surface area contributed by atoms with Gasteiger partial charge in [-0.25, -0.2) is 0 Å². The number of allylic oxidation sites excluding steroid dienone is 1. The Morgan fingerprint density at radius 3 is 2.91 bits per heavy atom. The Hall–Kier alpha value is -1.24. The van der Waals surface area contributed by atoms with Crippen molar-refractivity contribution in [1.82, 2.24) is 0 Å². The van der Waals surface area contributed by atoms with Crippen molar-refractivity contribution in [2.45, 2.75) is 12.8 Å². The van der Waals surface area contributed by atoms with Gasteiger partial charge in [-0.1, -0.05) is 12.6 Å². The molecule has 1 aliphatic carbocycles. The van der Waals surface area contributed by atoms with Gasteiger partial charge in [0.15, 0.2) is 0 Å². The number of phenols is 1. The van der Waals surface area contributed by atoms with Gasteiger partial charge in [-0.15, -0.1) is 0 Å². The highest BCUT2D eigenvalue weighted by Crippen LogP contribution is 2.32. The Morgan fingerprint density at radius 2 is 2.09 bits per heavy atom. The number of rotatable bonds is 0. The summed E-state index contributed by atoms with van der Waals surface area (Å²) in [6.07, 6.45) is 2.12. The van der Waals surface area contributed by atoms with Crippen LogP contribution in [0.3, 0.4) is 0 Å². The lowest BCUT2D eigenvalue weighted by molar-refractivity contribution is 0.475. The number of aryl methyl sites for hydroxylation is 1. The molecule has 0 heterocycles. The van der Waals surface area contributed by atoms with E-state index in [1.807, 2.05) is 6.07 Å². The molecule has 0 spiro atoms. The maximum Gasteiger partial charge on any atom is 0.116 e. The highest BCUT2D eigenvalue weighted by atomic mass is 16.3. The van der Waals surface area contributed by atoms with Gasteiger partial charge >= 0.3 is 0 Å². The summed E-state index contributed by atoms with van der Waals surface area (Å²) in [4.78, 5) is 0. The van der Waals surface area contributed by atoms with Crippen LogP contribution in [0.4, 0.5) is 0 Å². The van der Waals surface area contributed by atoms with Crippen molar-refractivity contribution in [3.05, 3.63) is 35.9 Å². The lowest BCUT2D eigenvalue weighted by Gasteiger charge is -1.98. The molecule has 1 aromatic carbocycles. The van der Waals surface area contributed by atoms with E-state index in [1.165, 1.54) is 5.56 Å². The molecule has 1 aliphatic rings. The van der Waals surface area contributed by atoms with E-state index >= 15 is 0 Å². The lowest BCUT2D eigenvalue weighted by atomic mass is 10.1. The first-order chi connectivity index (χ1) is 5.27. The van der Waals surface area contributed by atoms with Gasteiger partial charge in [0, 0.05) is 0 Å². The zero-order chi connectivity index (χ0) is 7.84. The van der Waals surface area contributed by atoms with E-state index in [4.69, 9.17) is 0 Å². The number of phenolic OH excluding ortho intramolecular Hbond substituents is 1. The number of hydrogen-bond acceptors (Lipinski definition) is 1. The fourth-order valence-corrected chi connectivity index (χ4v) is 1.53. The summed E-state index contributed by atoms with van der Waals surface area (Å²) in [6.45, 7) is 3.93. The molecule has 1 nitrogen and oxygen atoms in total. The van der Waals surface area contributed by atoms with Crippen LogP contribution in [0.5, 0.6) is 5.75 Å². The molecule has 0 saturated carbocycles. The summed E-state index contributed by atoms with van der Waals surface area (Å²) < 4.78 is 0. The van der Waals surface area contributed by atoms with E-state index in [1.54, 1.807) is 12.1 Å². The molecule has 0 saturated heterocycles. The minimum Gasteiger partial charge on any atom is -0.508 e. The fourth-order valence-electron chi connectivity index (χ4n) is 1.53. The molecule has 2 rings (SSSR count). The largest absolute Gasteiger partial charge is 0.508 e. The van der Waals surface area contributed by atoms with Crippen LogP contribution in [0.2, 0.25) is 0 Å². The van der Waals surface area contributed by atoms with Crippen LogP contribution in [-0.2, 0) is 6.42 Å². The van der Waals surface area contributed by atoms with E-state index in [9.17, 15) is 5.11 Å². The van der Waals surface area contributed by atoms with E-state index in [0.717, 1.165) is 24.0 Å². The van der Waals surface area contributed by atoms with Gasteiger partial charge in [0.1, 0.15) is 5.75 Å². The summed E-state index contributed by atoms with van der Waals surface area (Å²) in [7, 11) is 0. The second-order valence-electron chi connectivity index (χ2n) is 2.95. The Bertz CT molecular complexity index is 313. The van der Waals surface area contributed by atoms with Gasteiger partial charge in [-0.2, -0.15) is 0 Å². The third-order valence-corrected chi connectivity index (χ3v) is 2.17. The normalized spacial score (nSPS) is 15.1. The summed E-state index contributed by atoms with van der Waals surface area (Å²) >= 11 is 0. The van der Waals surface area contributed by atoms with Crippen molar-refractivity contribution in [2.75, 3.05) is 0 Å². The van der Waals surface area contributed by atoms with Crippen LogP contribution in [0.1, 0.15) is 17.5 Å². The van der Waals surface area contributed by atoms with Crippen LogP contribution >= 0.6 is 0 Å². The molecular formula is C10H10O. The molecule has 0 aliphatic heterocycles. The molecule has 11 heavy (non-hydrogen) atoms. The first kappa shape index (κ1) is 6.47. The van der Waals surface area contributed by atoms with Gasteiger partial charge in [0.05, 0.1) is 0 Å². The van der Waals surface area contributed by atoms with Crippen molar-refractivity contribution in [1.29, 1.82) is 0 Å². The van der Waals surface area contributed by atoms with Gasteiger partial charge < -0.3 is 5.11 Å². The monoisotopic (exact) mass is 146 g/mol. The lowest BCUT2D eigenvalue weighted by Crippen LogP contribution is -1.78. The molecule has 0 atom stereocenters. The Balaban J connectivity index is 2.60. The summed E-state index contributed by atoms with van der Waals surface area (Å²) in [5.74, 6) is 0.340. The van der Waals surface area contributed by atoms with Crippen LogP contribution < -0.4 is 0 Å². The molecule has 1 aromatic rings. The van der Waals surface area contributed by atoms with E-state index in [2.05, 4.69) is 6.58 Å². The van der Waals surface area contributed by atoms with Crippen molar-refractivity contribution >= 4 is 5.57 Å². The zero-order valence-corrected chi connectivity index (χ0v) is 6.30. The zero-order valence-electron chi connectivity index (χ0n) is 6.30. The molecule has 0 radical (unpaired) electrons. The predicted molar refractivity (Wildman–Crippen MR) is 45.5 cm³/mol. The molecule has 0 unspecified atom stereocenters. The molecule has 0 fully saturated rings. The number of fused-ring (bicyclic) bond motifs is 1. The SMILES string of the molecule is C=C1CCc2ccc(O)cc21. The van der Waals surface area contributed by atoms with Gasteiger partial charge in [-0.05, 0) is 41.7 Å². The van der Waals surface area contributed by atoms with Crippen molar-refractivity contribution < 1.29 is 5.11 Å². The maximum atomic E-state index is 9.17. The van der Waals surface area contributed by atoms with Crippen molar-refractivity contribution in [3.63, 3.8) is 0 Å². The smallest absolute Gasteiger partial charge is 0.116 e. The topological polar surface area (TPSA) is 20.2 Å². The van der Waals surface area contributed by atoms with Gasteiger partial charge in [0.2, 0.25) is 0 Å². The first-order valence-electron chi connectivity index (χ1n) is 3.77. The third-order valence-electron chi connectivity index (χ3n) is 2.17. The number of aromatic hydroxyl groups is 1. The summed E-state index contributed by atoms with van der Waals surface area (Å²) in [6, 6.07) is 5.50. The highest BCUT2D eigenvalue weighted by Gasteiger charge is 2.13. The first-order valence-corrected chi connectivity index (χ1v) is 3.77. The molecule has 1 N–H and O–H groups in total. The minimum absolute atomic E-state index is 0.340. The standard InChI is InChI=1S/C10H10O/c1-7-2-3-8-4-5-9(11)6-10(7)8/h4-6,11H,1-3H2. The van der Waals surface area contributed by atoms with E-state index < -0.39 is 0 Å². The number of benzene rings is 1. The molecule has 1 heteroatoms. The average molecular weight is 146 g/mol. The predicted octanol–water partition coefficient (Wildman–Crippen LogP) is 2.35. The molecule has 0 aromatic heterocycles. The van der Waals surface area contributed by atoms with Crippen LogP contribution in [0, 0.1) is 0 Å². The molecular weight excluding hydrogens is 136 g/mol. The third kappa shape index (κ3) is 0.929. The van der Waals surface area contributed by atoms with Crippen molar-refractivity contribution in [3.8, 4) is 5.75 Å². The Morgan fingerprint density at radius 1 is 1.27 bits per heavy atom. The molecule has 56 valence electrons. The second kappa shape index (κ2) is 2.12. The Kier molecular flexibility index (Phi) is 1.25. The van der Waals surface area contributed by atoms with Crippen molar-refractivity contribution in [2.24, 2.45) is 0 Å². The van der Waals surface area contributed by atoms with Crippen LogP contribution in [0.25, 0.3) is 5.57 Å². The fraction of sp³-hybridized carbons (Fsp3) is 0.200.